The zero-order chi connectivity index (χ0) is 13.9. The molecule has 0 spiro atoms. The van der Waals surface area contributed by atoms with E-state index < -0.39 is 0 Å². The minimum absolute atomic E-state index is 0. The first-order valence-corrected chi connectivity index (χ1v) is 7.50. The van der Waals surface area contributed by atoms with E-state index in [1.807, 2.05) is 19.1 Å². The van der Waals surface area contributed by atoms with Crippen molar-refractivity contribution >= 4 is 35.5 Å². The van der Waals surface area contributed by atoms with Gasteiger partial charge in [0.2, 0.25) is 0 Å². The van der Waals surface area contributed by atoms with Gasteiger partial charge >= 0.3 is 0 Å². The molecule has 0 saturated carbocycles. The van der Waals surface area contributed by atoms with Crippen LogP contribution in [0.15, 0.2) is 18.2 Å². The minimum Gasteiger partial charge on any atom is -0.321 e. The number of halogens is 1. The predicted octanol–water partition coefficient (Wildman–Crippen LogP) is 2.42. The van der Waals surface area contributed by atoms with Gasteiger partial charge in [-0.25, -0.2) is 0 Å². The van der Waals surface area contributed by atoms with Gasteiger partial charge < -0.3 is 10.6 Å². The lowest BCUT2D eigenvalue weighted by Gasteiger charge is -2.18. The third-order valence-electron chi connectivity index (χ3n) is 3.45. The molecule has 2 heterocycles. The van der Waals surface area contributed by atoms with Crippen LogP contribution in [0.1, 0.15) is 33.4 Å². The molecule has 0 saturated heterocycles. The zero-order valence-electron chi connectivity index (χ0n) is 11.7. The van der Waals surface area contributed by atoms with Gasteiger partial charge in [0.25, 0.3) is 5.91 Å². The van der Waals surface area contributed by atoms with Crippen molar-refractivity contribution in [2.24, 2.45) is 0 Å². The van der Waals surface area contributed by atoms with Gasteiger partial charge in [0.1, 0.15) is 4.88 Å². The lowest BCUT2D eigenvalue weighted by Crippen LogP contribution is -2.23. The maximum Gasteiger partial charge on any atom is 0.269 e. The molecule has 0 bridgehead atoms. The van der Waals surface area contributed by atoms with E-state index >= 15 is 0 Å². The Bertz CT molecular complexity index is 644. The standard InChI is InChI=1S/C14H16N4OS.ClH/c1-2-12-13(20-18-17-12)14(19)16-11-4-3-9-5-6-15-8-10(9)7-11;/h3-4,7,15H,2,5-6,8H2,1H3,(H,16,19);1H. The van der Waals surface area contributed by atoms with Crippen LogP contribution in [-0.2, 0) is 19.4 Å². The summed E-state index contributed by atoms with van der Waals surface area (Å²) >= 11 is 1.14. The fourth-order valence-corrected chi connectivity index (χ4v) is 3.00. The number of nitrogens with one attached hydrogen (secondary N) is 2. The number of amides is 1. The van der Waals surface area contributed by atoms with Crippen LogP contribution in [0.25, 0.3) is 0 Å². The molecule has 2 aromatic rings. The Morgan fingerprint density at radius 3 is 3.10 bits per heavy atom. The Kier molecular flexibility index (Phi) is 5.27. The van der Waals surface area contributed by atoms with Gasteiger partial charge in [0.15, 0.2) is 0 Å². The summed E-state index contributed by atoms with van der Waals surface area (Å²) in [5, 5.41) is 10.2. The molecule has 0 unspecified atom stereocenters. The lowest BCUT2D eigenvalue weighted by atomic mass is 10.0. The quantitative estimate of drug-likeness (QED) is 0.910. The smallest absolute Gasteiger partial charge is 0.269 e. The van der Waals surface area contributed by atoms with Crippen molar-refractivity contribution in [1.82, 2.24) is 14.9 Å². The van der Waals surface area contributed by atoms with E-state index in [0.29, 0.717) is 11.3 Å². The summed E-state index contributed by atoms with van der Waals surface area (Å²) in [5.74, 6) is -0.124. The molecule has 112 valence electrons. The van der Waals surface area contributed by atoms with Gasteiger partial charge in [0.05, 0.1) is 5.69 Å². The number of rotatable bonds is 3. The first-order valence-electron chi connectivity index (χ1n) is 6.73. The molecule has 21 heavy (non-hydrogen) atoms. The van der Waals surface area contributed by atoms with Crippen molar-refractivity contribution in [3.05, 3.63) is 39.9 Å². The average Bonchev–Trinajstić information content (AvgIpc) is 2.95. The van der Waals surface area contributed by atoms with Crippen LogP contribution in [0.5, 0.6) is 0 Å². The number of carbonyl (C=O) groups is 1. The van der Waals surface area contributed by atoms with Gasteiger partial charge in [-0.3, -0.25) is 4.79 Å². The van der Waals surface area contributed by atoms with Crippen LogP contribution < -0.4 is 10.6 Å². The van der Waals surface area contributed by atoms with Crippen LogP contribution in [0.3, 0.4) is 0 Å². The van der Waals surface area contributed by atoms with Gasteiger partial charge in [-0.2, -0.15) is 0 Å². The van der Waals surface area contributed by atoms with Gasteiger partial charge in [-0.05, 0) is 54.2 Å². The van der Waals surface area contributed by atoms with Crippen molar-refractivity contribution in [3.63, 3.8) is 0 Å². The summed E-state index contributed by atoms with van der Waals surface area (Å²) in [6.07, 6.45) is 1.76. The Hall–Kier alpha value is -1.50. The largest absolute Gasteiger partial charge is 0.321 e. The highest BCUT2D eigenvalue weighted by atomic mass is 35.5. The second kappa shape index (κ2) is 6.98. The first kappa shape index (κ1) is 15.9. The van der Waals surface area contributed by atoms with Crippen LogP contribution in [-0.4, -0.2) is 22.0 Å². The Balaban J connectivity index is 0.00000161. The zero-order valence-corrected chi connectivity index (χ0v) is 13.3. The second-order valence-electron chi connectivity index (χ2n) is 4.77. The number of benzene rings is 1. The topological polar surface area (TPSA) is 66.9 Å². The Morgan fingerprint density at radius 2 is 2.29 bits per heavy atom. The van der Waals surface area contributed by atoms with E-state index in [1.54, 1.807) is 0 Å². The van der Waals surface area contributed by atoms with Crippen LogP contribution >= 0.6 is 23.9 Å². The highest BCUT2D eigenvalue weighted by Crippen LogP contribution is 2.20. The van der Waals surface area contributed by atoms with Gasteiger partial charge in [-0.1, -0.05) is 17.5 Å². The molecule has 1 aliphatic rings. The summed E-state index contributed by atoms with van der Waals surface area (Å²) in [6.45, 7) is 3.85. The fraction of sp³-hybridized carbons (Fsp3) is 0.357. The molecule has 2 N–H and O–H groups in total. The third-order valence-corrected chi connectivity index (χ3v) is 4.21. The van der Waals surface area contributed by atoms with Crippen molar-refractivity contribution < 1.29 is 4.79 Å². The molecule has 0 atom stereocenters. The Labute approximate surface area is 133 Å². The van der Waals surface area contributed by atoms with Gasteiger partial charge in [0, 0.05) is 12.2 Å². The highest BCUT2D eigenvalue weighted by molar-refractivity contribution is 7.08. The summed E-state index contributed by atoms with van der Waals surface area (Å²) < 4.78 is 3.85. The minimum atomic E-state index is -0.124. The monoisotopic (exact) mass is 324 g/mol. The summed E-state index contributed by atoms with van der Waals surface area (Å²) in [5.41, 5.74) is 4.20. The molecule has 0 aliphatic carbocycles. The number of carbonyl (C=O) groups excluding carboxylic acids is 1. The molecular weight excluding hydrogens is 308 g/mol. The van der Waals surface area contributed by atoms with E-state index in [4.69, 9.17) is 0 Å². The van der Waals surface area contributed by atoms with E-state index in [9.17, 15) is 4.79 Å². The van der Waals surface area contributed by atoms with Crippen molar-refractivity contribution in [3.8, 4) is 0 Å². The number of fused-ring (bicyclic) bond motifs is 1. The van der Waals surface area contributed by atoms with Crippen molar-refractivity contribution in [1.29, 1.82) is 0 Å². The number of aromatic nitrogens is 2. The van der Waals surface area contributed by atoms with Crippen LogP contribution in [0, 0.1) is 0 Å². The Morgan fingerprint density at radius 1 is 1.43 bits per heavy atom. The highest BCUT2D eigenvalue weighted by Gasteiger charge is 2.16. The molecule has 0 fully saturated rings. The summed E-state index contributed by atoms with van der Waals surface area (Å²) in [4.78, 5) is 12.8. The number of nitrogens with zero attached hydrogens (tertiary/aromatic N) is 2. The van der Waals surface area contributed by atoms with Crippen LogP contribution in [0.2, 0.25) is 0 Å². The maximum atomic E-state index is 12.2. The number of hydrogen-bond acceptors (Lipinski definition) is 5. The van der Waals surface area contributed by atoms with Crippen molar-refractivity contribution in [2.75, 3.05) is 11.9 Å². The van der Waals surface area contributed by atoms with Crippen LogP contribution in [0.4, 0.5) is 5.69 Å². The molecule has 1 aromatic carbocycles. The van der Waals surface area contributed by atoms with E-state index in [-0.39, 0.29) is 18.3 Å². The molecule has 1 amide bonds. The maximum absolute atomic E-state index is 12.2. The number of hydrogen-bond donors (Lipinski definition) is 2. The molecule has 0 radical (unpaired) electrons. The molecule has 3 rings (SSSR count). The average molecular weight is 325 g/mol. The summed E-state index contributed by atoms with van der Waals surface area (Å²) in [7, 11) is 0. The van der Waals surface area contributed by atoms with E-state index in [2.05, 4.69) is 26.3 Å². The third kappa shape index (κ3) is 3.40. The first-order chi connectivity index (χ1) is 9.78. The summed E-state index contributed by atoms with van der Waals surface area (Å²) in [6, 6.07) is 6.10. The van der Waals surface area contributed by atoms with E-state index in [0.717, 1.165) is 42.4 Å². The molecule has 1 aliphatic heterocycles. The number of anilines is 1. The van der Waals surface area contributed by atoms with E-state index in [1.165, 1.54) is 11.1 Å². The molecular formula is C14H17ClN4OS. The SMILES string of the molecule is CCc1nnsc1C(=O)Nc1ccc2c(c1)CNCC2.Cl. The fourth-order valence-electron chi connectivity index (χ4n) is 2.36. The predicted molar refractivity (Wildman–Crippen MR) is 86.3 cm³/mol. The normalized spacial score (nSPS) is 13.2. The molecule has 1 aromatic heterocycles. The van der Waals surface area contributed by atoms with Gasteiger partial charge in [-0.15, -0.1) is 17.5 Å². The lowest BCUT2D eigenvalue weighted by molar-refractivity contribution is 0.102. The van der Waals surface area contributed by atoms with Crippen molar-refractivity contribution in [2.45, 2.75) is 26.3 Å². The molecule has 5 nitrogen and oxygen atoms in total. The second-order valence-corrected chi connectivity index (χ2v) is 5.52. The number of aryl methyl sites for hydroxylation is 1. The molecule has 7 heteroatoms.